The number of fused-ring (bicyclic) bond motifs is 3. The van der Waals surface area contributed by atoms with E-state index in [-0.39, 0.29) is 60.6 Å². The van der Waals surface area contributed by atoms with E-state index in [1.165, 1.54) is 38.2 Å². The number of nitrogens with zero attached hydrogens (tertiary/aromatic N) is 2. The van der Waals surface area contributed by atoms with Gasteiger partial charge >= 0.3 is 6.09 Å². The molecule has 3 amide bonds. The molecule has 0 bridgehead atoms. The molecular weight excluding hydrogens is 652 g/mol. The molecule has 4 aromatic carbocycles. The van der Waals surface area contributed by atoms with Crippen LogP contribution in [0, 0.1) is 10.1 Å². The molecule has 0 spiro atoms. The number of rotatable bonds is 15. The number of hydrogen-bond donors (Lipinski definition) is 2. The monoisotopic (exact) mass is 694 g/mol. The molecule has 1 aliphatic carbocycles. The van der Waals surface area contributed by atoms with Crippen molar-refractivity contribution in [3.63, 3.8) is 0 Å². The second kappa shape index (κ2) is 16.7. The maximum absolute atomic E-state index is 14.0. The number of ether oxygens (including phenoxy) is 3. The zero-order valence-corrected chi connectivity index (χ0v) is 29.1. The lowest BCUT2D eigenvalue weighted by molar-refractivity contribution is -0.385. The molecule has 1 unspecified atom stereocenters. The first-order chi connectivity index (χ1) is 24.6. The van der Waals surface area contributed by atoms with E-state index in [1.54, 1.807) is 6.92 Å². The summed E-state index contributed by atoms with van der Waals surface area (Å²) in [7, 11) is 4.46. The SMILES string of the molecule is CNC(=O)CCCOc1cc([N+](=O)[O-])c(C(C)NC(=O)[C@H](Cc2ccccc2)N(C)C(=O)OCC2c3ccccc3-c3ccccc32)cc1OC. The average molecular weight is 695 g/mol. The van der Waals surface area contributed by atoms with Crippen LogP contribution >= 0.6 is 0 Å². The van der Waals surface area contributed by atoms with Gasteiger partial charge in [-0.3, -0.25) is 24.6 Å². The number of likely N-dealkylation sites (N-methyl/N-ethyl adjacent to an activating group) is 1. The van der Waals surface area contributed by atoms with E-state index in [1.807, 2.05) is 66.7 Å². The lowest BCUT2D eigenvalue weighted by atomic mass is 9.98. The van der Waals surface area contributed by atoms with E-state index in [0.29, 0.717) is 6.42 Å². The first kappa shape index (κ1) is 36.4. The number of hydrogen-bond acceptors (Lipinski definition) is 8. The first-order valence-electron chi connectivity index (χ1n) is 16.7. The normalized spacial score (nSPS) is 12.9. The van der Waals surface area contributed by atoms with Gasteiger partial charge in [0.05, 0.1) is 36.3 Å². The zero-order chi connectivity index (χ0) is 36.5. The zero-order valence-electron chi connectivity index (χ0n) is 29.1. The van der Waals surface area contributed by atoms with Crippen molar-refractivity contribution in [2.75, 3.05) is 34.4 Å². The molecule has 12 heteroatoms. The maximum Gasteiger partial charge on any atom is 0.410 e. The molecule has 0 radical (unpaired) electrons. The summed E-state index contributed by atoms with van der Waals surface area (Å²) in [6.07, 6.45) is 0.127. The second-order valence-electron chi connectivity index (χ2n) is 12.3. The van der Waals surface area contributed by atoms with E-state index in [2.05, 4.69) is 22.8 Å². The van der Waals surface area contributed by atoms with Gasteiger partial charge in [0.1, 0.15) is 12.6 Å². The van der Waals surface area contributed by atoms with Crippen LogP contribution in [0.1, 0.15) is 54.0 Å². The summed E-state index contributed by atoms with van der Waals surface area (Å²) in [5, 5.41) is 17.6. The molecular formula is C39H42N4O8. The molecule has 4 aromatic rings. The number of amides is 3. The van der Waals surface area contributed by atoms with Gasteiger partial charge in [0, 0.05) is 32.9 Å². The van der Waals surface area contributed by atoms with Crippen molar-refractivity contribution in [2.45, 2.75) is 44.2 Å². The average Bonchev–Trinajstić information content (AvgIpc) is 3.47. The largest absolute Gasteiger partial charge is 0.493 e. The predicted octanol–water partition coefficient (Wildman–Crippen LogP) is 6.18. The van der Waals surface area contributed by atoms with Crippen LogP contribution in [-0.2, 0) is 20.7 Å². The number of carbonyl (C=O) groups excluding carboxylic acids is 3. The summed E-state index contributed by atoms with van der Waals surface area (Å²) in [6, 6.07) is 26.2. The van der Waals surface area contributed by atoms with Crippen LogP contribution in [0.15, 0.2) is 91.0 Å². The predicted molar refractivity (Wildman–Crippen MR) is 192 cm³/mol. The molecule has 0 aromatic heterocycles. The smallest absolute Gasteiger partial charge is 0.410 e. The Bertz CT molecular complexity index is 1840. The molecule has 0 saturated carbocycles. The maximum atomic E-state index is 14.0. The van der Waals surface area contributed by atoms with Crippen LogP contribution in [0.5, 0.6) is 11.5 Å². The number of carbonyl (C=O) groups is 3. The molecule has 1 aliphatic rings. The Balaban J connectivity index is 1.33. The molecule has 0 aliphatic heterocycles. The Morgan fingerprint density at radius 2 is 1.55 bits per heavy atom. The highest BCUT2D eigenvalue weighted by atomic mass is 16.6. The van der Waals surface area contributed by atoms with Gasteiger partial charge in [0.15, 0.2) is 11.5 Å². The van der Waals surface area contributed by atoms with E-state index in [0.717, 1.165) is 27.8 Å². The van der Waals surface area contributed by atoms with Gasteiger partial charge in [-0.1, -0.05) is 78.9 Å². The Hall–Kier alpha value is -5.91. The lowest BCUT2D eigenvalue weighted by Gasteiger charge is -2.29. The highest BCUT2D eigenvalue weighted by Crippen LogP contribution is 2.44. The fourth-order valence-electron chi connectivity index (χ4n) is 6.34. The summed E-state index contributed by atoms with van der Waals surface area (Å²) >= 11 is 0. The van der Waals surface area contributed by atoms with Crippen molar-refractivity contribution >= 4 is 23.6 Å². The minimum atomic E-state index is -1.01. The topological polar surface area (TPSA) is 149 Å². The summed E-state index contributed by atoms with van der Waals surface area (Å²) in [5.41, 5.74) is 5.06. The van der Waals surface area contributed by atoms with E-state index < -0.39 is 29.0 Å². The second-order valence-corrected chi connectivity index (χ2v) is 12.3. The molecule has 12 nitrogen and oxygen atoms in total. The summed E-state index contributed by atoms with van der Waals surface area (Å²) in [6.45, 7) is 1.84. The summed E-state index contributed by atoms with van der Waals surface area (Å²) < 4.78 is 17.1. The molecule has 5 rings (SSSR count). The Labute approximate surface area is 296 Å². The minimum absolute atomic E-state index is 0.0828. The number of benzene rings is 4. The van der Waals surface area contributed by atoms with E-state index in [4.69, 9.17) is 14.2 Å². The fraction of sp³-hybridized carbons (Fsp3) is 0.308. The van der Waals surface area contributed by atoms with Crippen LogP contribution in [0.25, 0.3) is 11.1 Å². The van der Waals surface area contributed by atoms with Gasteiger partial charge in [0.25, 0.3) is 5.69 Å². The number of methoxy groups -OCH3 is 1. The van der Waals surface area contributed by atoms with Gasteiger partial charge in [-0.15, -0.1) is 0 Å². The summed E-state index contributed by atoms with van der Waals surface area (Å²) in [5.74, 6) is -0.459. The van der Waals surface area contributed by atoms with Crippen molar-refractivity contribution < 1.29 is 33.5 Å². The molecule has 266 valence electrons. The number of nitro groups is 1. The Kier molecular flexibility index (Phi) is 11.9. The van der Waals surface area contributed by atoms with E-state index in [9.17, 15) is 24.5 Å². The van der Waals surface area contributed by atoms with E-state index >= 15 is 0 Å². The third kappa shape index (κ3) is 8.46. The highest BCUT2D eigenvalue weighted by Gasteiger charge is 2.34. The standard InChI is InChI=1S/C39H42N4O8/c1-25(31-22-35(49-4)36(23-33(31)43(47)48)50-20-12-19-37(44)40-2)41-38(45)34(21-26-13-6-5-7-14-26)42(3)39(46)51-24-32-29-17-10-8-15-27(29)28-16-9-11-18-30(28)32/h5-11,13-18,22-23,25,32,34H,12,19-21,24H2,1-4H3,(H,40,44)(H,41,45)/t25?,34-/m0/s1. The van der Waals surface area contributed by atoms with Gasteiger partial charge in [-0.25, -0.2) is 4.79 Å². The lowest BCUT2D eigenvalue weighted by Crippen LogP contribution is -2.49. The molecule has 0 fully saturated rings. The highest BCUT2D eigenvalue weighted by molar-refractivity contribution is 5.86. The molecule has 0 saturated heterocycles. The van der Waals surface area contributed by atoms with Crippen LogP contribution in [0.3, 0.4) is 0 Å². The van der Waals surface area contributed by atoms with Crippen molar-refractivity contribution in [1.82, 2.24) is 15.5 Å². The van der Waals surface area contributed by atoms with Crippen LogP contribution in [-0.4, -0.2) is 68.2 Å². The van der Waals surface area contributed by atoms with Crippen molar-refractivity contribution in [3.05, 3.63) is 123 Å². The molecule has 0 heterocycles. The van der Waals surface area contributed by atoms with Gasteiger partial charge in [-0.2, -0.15) is 0 Å². The van der Waals surface area contributed by atoms with Gasteiger partial charge in [0.2, 0.25) is 11.8 Å². The van der Waals surface area contributed by atoms with Crippen molar-refractivity contribution in [2.24, 2.45) is 0 Å². The van der Waals surface area contributed by atoms with Gasteiger partial charge in [-0.05, 0) is 47.2 Å². The van der Waals surface area contributed by atoms with Gasteiger partial charge < -0.3 is 24.8 Å². The molecule has 2 N–H and O–H groups in total. The fourth-order valence-corrected chi connectivity index (χ4v) is 6.34. The van der Waals surface area contributed by atoms with Crippen molar-refractivity contribution in [1.29, 1.82) is 0 Å². The third-order valence-electron chi connectivity index (χ3n) is 9.09. The van der Waals surface area contributed by atoms with Crippen LogP contribution in [0.4, 0.5) is 10.5 Å². The quantitative estimate of drug-likeness (QED) is 0.0852. The minimum Gasteiger partial charge on any atom is -0.493 e. The van der Waals surface area contributed by atoms with Crippen molar-refractivity contribution in [3.8, 4) is 22.6 Å². The molecule has 51 heavy (non-hydrogen) atoms. The van der Waals surface area contributed by atoms with Crippen LogP contribution < -0.4 is 20.1 Å². The summed E-state index contributed by atoms with van der Waals surface area (Å²) in [4.78, 5) is 52.1. The Morgan fingerprint density at radius 1 is 0.922 bits per heavy atom. The third-order valence-corrected chi connectivity index (χ3v) is 9.09. The number of nitro benzene ring substituents is 1. The molecule has 2 atom stereocenters. The Morgan fingerprint density at radius 3 is 2.16 bits per heavy atom. The number of nitrogens with one attached hydrogen (secondary N) is 2. The van der Waals surface area contributed by atoms with Crippen LogP contribution in [0.2, 0.25) is 0 Å². The first-order valence-corrected chi connectivity index (χ1v) is 16.7.